The maximum atomic E-state index is 6.33. The highest BCUT2D eigenvalue weighted by molar-refractivity contribution is 6.31. The van der Waals surface area contributed by atoms with Gasteiger partial charge in [-0.1, -0.05) is 31.4 Å². The number of pyridine rings is 1. The molecule has 1 atom stereocenters. The maximum absolute atomic E-state index is 6.33. The molecule has 1 saturated carbocycles. The fourth-order valence-electron chi connectivity index (χ4n) is 3.65. The monoisotopic (exact) mass is 309 g/mol. The first-order valence-electron chi connectivity index (χ1n) is 8.09. The Bertz CT molecular complexity index is 441. The van der Waals surface area contributed by atoms with E-state index in [0.717, 1.165) is 24.4 Å². The molecule has 1 aromatic rings. The summed E-state index contributed by atoms with van der Waals surface area (Å²) in [6.07, 6.45) is 10.9. The van der Waals surface area contributed by atoms with Crippen molar-refractivity contribution < 1.29 is 0 Å². The number of aromatic nitrogens is 1. The molecule has 1 aromatic heterocycles. The normalized spacial score (nSPS) is 19.1. The maximum Gasteiger partial charge on any atom is 0.0621 e. The minimum atomic E-state index is 0.252. The highest BCUT2D eigenvalue weighted by atomic mass is 35.5. The van der Waals surface area contributed by atoms with Crippen LogP contribution in [-0.4, -0.2) is 42.1 Å². The second kappa shape index (κ2) is 7.57. The van der Waals surface area contributed by atoms with Crippen LogP contribution in [0.5, 0.6) is 0 Å². The zero-order valence-electron chi connectivity index (χ0n) is 13.5. The summed E-state index contributed by atoms with van der Waals surface area (Å²) in [4.78, 5) is 6.53. The van der Waals surface area contributed by atoms with Crippen LogP contribution in [-0.2, 0) is 6.42 Å². The van der Waals surface area contributed by atoms with E-state index < -0.39 is 0 Å². The van der Waals surface area contributed by atoms with E-state index in [1.165, 1.54) is 31.2 Å². The second-order valence-electron chi connectivity index (χ2n) is 6.38. The van der Waals surface area contributed by atoms with Crippen LogP contribution in [0.15, 0.2) is 18.5 Å². The first kappa shape index (κ1) is 16.7. The molecule has 3 nitrogen and oxygen atoms in total. The molecule has 0 aliphatic heterocycles. The molecule has 118 valence electrons. The van der Waals surface area contributed by atoms with E-state index in [4.69, 9.17) is 11.6 Å². The van der Waals surface area contributed by atoms with Crippen LogP contribution < -0.4 is 5.32 Å². The average Bonchev–Trinajstić information content (AvgIpc) is 2.96. The van der Waals surface area contributed by atoms with Crippen LogP contribution in [0.2, 0.25) is 5.02 Å². The zero-order valence-corrected chi connectivity index (χ0v) is 14.3. The van der Waals surface area contributed by atoms with Crippen molar-refractivity contribution in [1.82, 2.24) is 15.2 Å². The first-order chi connectivity index (χ1) is 10.1. The summed E-state index contributed by atoms with van der Waals surface area (Å²) in [6.45, 7) is 3.28. The number of nitrogens with one attached hydrogen (secondary N) is 1. The summed E-state index contributed by atoms with van der Waals surface area (Å²) in [7, 11) is 4.44. The molecule has 1 aliphatic carbocycles. The molecule has 1 aliphatic rings. The van der Waals surface area contributed by atoms with E-state index >= 15 is 0 Å². The topological polar surface area (TPSA) is 28.2 Å². The summed E-state index contributed by atoms with van der Waals surface area (Å²) in [6, 6.07) is 2.50. The third-order valence-corrected chi connectivity index (χ3v) is 5.27. The van der Waals surface area contributed by atoms with Gasteiger partial charge in [0.05, 0.1) is 5.02 Å². The molecule has 1 fully saturated rings. The van der Waals surface area contributed by atoms with Crippen molar-refractivity contribution in [3.63, 3.8) is 0 Å². The van der Waals surface area contributed by atoms with E-state index in [-0.39, 0.29) is 5.54 Å². The highest BCUT2D eigenvalue weighted by Crippen LogP contribution is 2.38. The van der Waals surface area contributed by atoms with E-state index in [0.29, 0.717) is 6.04 Å². The Kier molecular flexibility index (Phi) is 6.03. The van der Waals surface area contributed by atoms with Crippen LogP contribution in [0, 0.1) is 0 Å². The van der Waals surface area contributed by atoms with Gasteiger partial charge in [0, 0.05) is 24.0 Å². The van der Waals surface area contributed by atoms with E-state index in [1.807, 2.05) is 6.20 Å². The third-order valence-electron chi connectivity index (χ3n) is 4.93. The molecule has 1 unspecified atom stereocenters. The van der Waals surface area contributed by atoms with E-state index in [2.05, 4.69) is 42.3 Å². The molecule has 0 bridgehead atoms. The predicted molar refractivity (Wildman–Crippen MR) is 89.9 cm³/mol. The van der Waals surface area contributed by atoms with Gasteiger partial charge in [0.1, 0.15) is 0 Å². The lowest BCUT2D eigenvalue weighted by Crippen LogP contribution is -2.58. The Balaban J connectivity index is 2.23. The minimum absolute atomic E-state index is 0.252. The quantitative estimate of drug-likeness (QED) is 0.835. The van der Waals surface area contributed by atoms with Gasteiger partial charge in [-0.3, -0.25) is 4.98 Å². The van der Waals surface area contributed by atoms with Crippen LogP contribution in [0.4, 0.5) is 0 Å². The van der Waals surface area contributed by atoms with Gasteiger partial charge in [-0.05, 0) is 58.0 Å². The van der Waals surface area contributed by atoms with Gasteiger partial charge >= 0.3 is 0 Å². The molecule has 0 aromatic carbocycles. The number of nitrogens with zero attached hydrogens (tertiary/aromatic N) is 2. The Hall–Kier alpha value is -0.640. The number of likely N-dealkylation sites (N-methyl/N-ethyl adjacent to an activating group) is 1. The lowest BCUT2D eigenvalue weighted by molar-refractivity contribution is 0.104. The van der Waals surface area contributed by atoms with Gasteiger partial charge < -0.3 is 10.2 Å². The first-order valence-corrected chi connectivity index (χ1v) is 8.47. The van der Waals surface area contributed by atoms with Gasteiger partial charge in [0.2, 0.25) is 0 Å². The molecule has 2 rings (SSSR count). The molecule has 0 amide bonds. The summed E-state index contributed by atoms with van der Waals surface area (Å²) in [5.74, 6) is 0. The molecule has 0 radical (unpaired) electrons. The molecule has 0 spiro atoms. The van der Waals surface area contributed by atoms with Crippen LogP contribution in [0.25, 0.3) is 0 Å². The Morgan fingerprint density at radius 1 is 1.38 bits per heavy atom. The van der Waals surface area contributed by atoms with Crippen molar-refractivity contribution in [2.45, 2.75) is 57.0 Å². The molecule has 0 saturated heterocycles. The molecule has 1 heterocycles. The lowest BCUT2D eigenvalue weighted by Gasteiger charge is -2.44. The van der Waals surface area contributed by atoms with Gasteiger partial charge in [-0.15, -0.1) is 0 Å². The van der Waals surface area contributed by atoms with Crippen LogP contribution >= 0.6 is 11.6 Å². The van der Waals surface area contributed by atoms with Gasteiger partial charge in [-0.2, -0.15) is 0 Å². The van der Waals surface area contributed by atoms with E-state index in [1.54, 1.807) is 6.20 Å². The lowest BCUT2D eigenvalue weighted by atomic mass is 9.83. The summed E-state index contributed by atoms with van der Waals surface area (Å²) in [5.41, 5.74) is 1.45. The zero-order chi connectivity index (χ0) is 15.3. The molecular weight excluding hydrogens is 282 g/mol. The van der Waals surface area contributed by atoms with Crippen molar-refractivity contribution in [2.24, 2.45) is 0 Å². The number of hydrogen-bond acceptors (Lipinski definition) is 3. The predicted octanol–water partition coefficient (Wildman–Crippen LogP) is 3.52. The fourth-order valence-corrected chi connectivity index (χ4v) is 3.85. The van der Waals surface area contributed by atoms with Crippen LogP contribution in [0.3, 0.4) is 0 Å². The fraction of sp³-hybridized carbons (Fsp3) is 0.706. The number of halogens is 1. The SMILES string of the molecule is CCCNC(Cc1ccncc1Cl)C1(N(C)C)CCCC1. The Morgan fingerprint density at radius 3 is 2.67 bits per heavy atom. The highest BCUT2D eigenvalue weighted by Gasteiger charge is 2.42. The molecule has 4 heteroatoms. The van der Waals surface area contributed by atoms with Gasteiger partial charge in [0.25, 0.3) is 0 Å². The summed E-state index contributed by atoms with van der Waals surface area (Å²) < 4.78 is 0. The summed E-state index contributed by atoms with van der Waals surface area (Å²) in [5, 5.41) is 4.57. The van der Waals surface area contributed by atoms with E-state index in [9.17, 15) is 0 Å². The largest absolute Gasteiger partial charge is 0.312 e. The Morgan fingerprint density at radius 2 is 2.10 bits per heavy atom. The van der Waals surface area contributed by atoms with Crippen molar-refractivity contribution in [1.29, 1.82) is 0 Å². The van der Waals surface area contributed by atoms with Crippen molar-refractivity contribution in [3.05, 3.63) is 29.0 Å². The standard InChI is InChI=1S/C17H28ClN3/c1-4-10-20-16(12-14-7-11-19-13-15(14)18)17(21(2)3)8-5-6-9-17/h7,11,13,16,20H,4-6,8-10,12H2,1-3H3. The minimum Gasteiger partial charge on any atom is -0.312 e. The molecular formula is C17H28ClN3. The molecule has 1 N–H and O–H groups in total. The van der Waals surface area contributed by atoms with Crippen molar-refractivity contribution >= 4 is 11.6 Å². The smallest absolute Gasteiger partial charge is 0.0621 e. The summed E-state index contributed by atoms with van der Waals surface area (Å²) >= 11 is 6.33. The van der Waals surface area contributed by atoms with Crippen LogP contribution in [0.1, 0.15) is 44.6 Å². The Labute approximate surface area is 134 Å². The van der Waals surface area contributed by atoms with Gasteiger partial charge in [-0.25, -0.2) is 0 Å². The van der Waals surface area contributed by atoms with Gasteiger partial charge in [0.15, 0.2) is 0 Å². The molecule has 21 heavy (non-hydrogen) atoms. The number of hydrogen-bond donors (Lipinski definition) is 1. The number of rotatable bonds is 7. The second-order valence-corrected chi connectivity index (χ2v) is 6.79. The van der Waals surface area contributed by atoms with Crippen molar-refractivity contribution in [2.75, 3.05) is 20.6 Å². The third kappa shape index (κ3) is 3.77. The van der Waals surface area contributed by atoms with Crippen molar-refractivity contribution in [3.8, 4) is 0 Å². The average molecular weight is 310 g/mol.